The van der Waals surface area contributed by atoms with Crippen LogP contribution in [-0.4, -0.2) is 24.3 Å². The largest absolute Gasteiger partial charge is 0.462 e. The highest BCUT2D eigenvalue weighted by Crippen LogP contribution is 2.02. The Labute approximate surface area is 76.0 Å². The van der Waals surface area contributed by atoms with Crippen LogP contribution in [0, 0.1) is 11.8 Å². The van der Waals surface area contributed by atoms with E-state index in [1.54, 1.807) is 6.92 Å². The molecule has 0 fully saturated rings. The van der Waals surface area contributed by atoms with Gasteiger partial charge in [0, 0.05) is 6.08 Å². The molecular weight excluding hydrogens is 180 g/mol. The third-order valence-electron chi connectivity index (χ3n) is 0.850. The summed E-state index contributed by atoms with van der Waals surface area (Å²) in [4.78, 5) is 10.8. The van der Waals surface area contributed by atoms with Gasteiger partial charge in [-0.2, -0.15) is 0 Å². The maximum absolute atomic E-state index is 10.8. The monoisotopic (exact) mass is 188 g/mol. The minimum atomic E-state index is -0.605. The fraction of sp³-hybridized carbons (Fsp3) is 0.375. The van der Waals surface area contributed by atoms with Crippen molar-refractivity contribution in [2.24, 2.45) is 0 Å². The van der Waals surface area contributed by atoms with Crippen LogP contribution in [0.4, 0.5) is 0 Å². The van der Waals surface area contributed by atoms with Crippen LogP contribution >= 0.6 is 11.6 Å². The second-order valence-electron chi connectivity index (χ2n) is 1.69. The summed E-state index contributed by atoms with van der Waals surface area (Å²) in [5, 5.41) is 8.17. The lowest BCUT2D eigenvalue weighted by Gasteiger charge is -1.96. The first-order valence-corrected chi connectivity index (χ1v) is 3.72. The smallest absolute Gasteiger partial charge is 0.350 e. The predicted molar refractivity (Wildman–Crippen MR) is 45.4 cm³/mol. The summed E-state index contributed by atoms with van der Waals surface area (Å²) in [5.41, 5.74) is 0. The van der Waals surface area contributed by atoms with Crippen molar-refractivity contribution in [3.63, 3.8) is 0 Å². The third kappa shape index (κ3) is 4.78. The lowest BCUT2D eigenvalue weighted by molar-refractivity contribution is -0.137. The van der Waals surface area contributed by atoms with E-state index in [1.165, 1.54) is 6.08 Å². The first-order valence-electron chi connectivity index (χ1n) is 3.34. The Bertz CT molecular complexity index is 234. The van der Waals surface area contributed by atoms with Crippen molar-refractivity contribution in [1.29, 1.82) is 0 Å². The summed E-state index contributed by atoms with van der Waals surface area (Å²) in [6.07, 6.45) is 1.19. The van der Waals surface area contributed by atoms with E-state index in [0.717, 1.165) is 0 Å². The highest BCUT2D eigenvalue weighted by Gasteiger charge is 2.04. The predicted octanol–water partition coefficient (Wildman–Crippen LogP) is 0.668. The summed E-state index contributed by atoms with van der Waals surface area (Å²) in [6.45, 7) is 1.70. The van der Waals surface area contributed by atoms with Crippen LogP contribution in [0.25, 0.3) is 0 Å². The Balaban J connectivity index is 4.08. The van der Waals surface area contributed by atoms with Gasteiger partial charge < -0.3 is 9.84 Å². The molecular formula is C8H9ClO3. The Kier molecular flexibility index (Phi) is 6.16. The van der Waals surface area contributed by atoms with Gasteiger partial charge in [-0.25, -0.2) is 4.79 Å². The van der Waals surface area contributed by atoms with E-state index >= 15 is 0 Å². The van der Waals surface area contributed by atoms with E-state index in [1.807, 2.05) is 0 Å². The molecule has 0 saturated carbocycles. The van der Waals surface area contributed by atoms with Crippen LogP contribution in [-0.2, 0) is 9.53 Å². The number of allylic oxidation sites excluding steroid dienone is 1. The minimum Gasteiger partial charge on any atom is -0.462 e. The summed E-state index contributed by atoms with van der Waals surface area (Å²) in [5.74, 6) is 4.09. The van der Waals surface area contributed by atoms with Crippen molar-refractivity contribution in [2.75, 3.05) is 13.2 Å². The second kappa shape index (κ2) is 6.71. The van der Waals surface area contributed by atoms with Gasteiger partial charge in [-0.1, -0.05) is 23.4 Å². The molecule has 0 rings (SSSR count). The Hall–Kier alpha value is -0.980. The van der Waals surface area contributed by atoms with Crippen molar-refractivity contribution < 1.29 is 14.6 Å². The number of aliphatic hydroxyl groups is 1. The number of esters is 1. The zero-order valence-electron chi connectivity index (χ0n) is 6.63. The molecule has 0 aliphatic carbocycles. The molecule has 1 N–H and O–H groups in total. The number of halogens is 1. The number of carbonyl (C=O) groups excluding carboxylic acids is 1. The number of hydrogen-bond donors (Lipinski definition) is 1. The molecule has 0 unspecified atom stereocenters. The van der Waals surface area contributed by atoms with Crippen LogP contribution in [0.15, 0.2) is 11.1 Å². The maximum Gasteiger partial charge on any atom is 0.350 e. The first kappa shape index (κ1) is 11.0. The van der Waals surface area contributed by atoms with Gasteiger partial charge in [-0.05, 0) is 6.92 Å². The SMILES string of the molecule is CCOC(=O)/C(Cl)=C/C#CCO. The standard InChI is InChI=1S/C8H9ClO3/c1-2-12-8(11)7(9)5-3-4-6-10/h5,10H,2,6H2,1H3/b7-5-. The van der Waals surface area contributed by atoms with Gasteiger partial charge in [-0.3, -0.25) is 0 Å². The molecule has 0 amide bonds. The zero-order chi connectivity index (χ0) is 9.40. The molecule has 0 heterocycles. The summed E-state index contributed by atoms with van der Waals surface area (Å²) < 4.78 is 4.56. The average molecular weight is 189 g/mol. The highest BCUT2D eigenvalue weighted by atomic mass is 35.5. The van der Waals surface area contributed by atoms with E-state index in [2.05, 4.69) is 16.6 Å². The molecule has 66 valence electrons. The molecule has 0 saturated heterocycles. The van der Waals surface area contributed by atoms with E-state index in [0.29, 0.717) is 0 Å². The Morgan fingerprint density at radius 2 is 2.42 bits per heavy atom. The van der Waals surface area contributed by atoms with Crippen molar-refractivity contribution in [1.82, 2.24) is 0 Å². The Morgan fingerprint density at radius 1 is 1.75 bits per heavy atom. The van der Waals surface area contributed by atoms with E-state index in [-0.39, 0.29) is 18.2 Å². The van der Waals surface area contributed by atoms with Crippen molar-refractivity contribution in [3.8, 4) is 11.8 Å². The molecule has 0 aromatic carbocycles. The molecule has 4 heteroatoms. The van der Waals surface area contributed by atoms with Gasteiger partial charge in [0.1, 0.15) is 11.6 Å². The lowest BCUT2D eigenvalue weighted by Crippen LogP contribution is -2.03. The molecule has 0 aromatic rings. The van der Waals surface area contributed by atoms with Gasteiger partial charge in [0.2, 0.25) is 0 Å². The second-order valence-corrected chi connectivity index (χ2v) is 2.10. The van der Waals surface area contributed by atoms with Crippen LogP contribution in [0.5, 0.6) is 0 Å². The van der Waals surface area contributed by atoms with Crippen LogP contribution < -0.4 is 0 Å². The normalized spacial score (nSPS) is 10.1. The molecule has 0 aromatic heterocycles. The van der Waals surface area contributed by atoms with Gasteiger partial charge >= 0.3 is 5.97 Å². The van der Waals surface area contributed by atoms with Gasteiger partial charge in [0.15, 0.2) is 0 Å². The fourth-order valence-electron chi connectivity index (χ4n) is 0.419. The lowest BCUT2D eigenvalue weighted by atomic mass is 10.5. The minimum absolute atomic E-state index is 0.0854. The maximum atomic E-state index is 10.8. The molecule has 0 radical (unpaired) electrons. The molecule has 0 aliphatic heterocycles. The van der Waals surface area contributed by atoms with Gasteiger partial charge in [-0.15, -0.1) is 0 Å². The summed E-state index contributed by atoms with van der Waals surface area (Å²) in [7, 11) is 0. The van der Waals surface area contributed by atoms with Gasteiger partial charge in [0.05, 0.1) is 6.61 Å². The fourth-order valence-corrected chi connectivity index (χ4v) is 0.528. The van der Waals surface area contributed by atoms with Crippen LogP contribution in [0.1, 0.15) is 6.92 Å². The molecule has 0 spiro atoms. The van der Waals surface area contributed by atoms with Crippen molar-refractivity contribution in [2.45, 2.75) is 6.92 Å². The molecule has 0 bridgehead atoms. The van der Waals surface area contributed by atoms with Crippen LogP contribution in [0.2, 0.25) is 0 Å². The van der Waals surface area contributed by atoms with E-state index in [9.17, 15) is 4.79 Å². The Morgan fingerprint density at radius 3 is 2.92 bits per heavy atom. The molecule has 12 heavy (non-hydrogen) atoms. The summed E-state index contributed by atoms with van der Waals surface area (Å²) >= 11 is 5.45. The topological polar surface area (TPSA) is 46.5 Å². The third-order valence-corrected chi connectivity index (χ3v) is 1.11. The van der Waals surface area contributed by atoms with E-state index in [4.69, 9.17) is 16.7 Å². The highest BCUT2D eigenvalue weighted by molar-refractivity contribution is 6.41. The quantitative estimate of drug-likeness (QED) is 0.394. The number of aliphatic hydroxyl groups excluding tert-OH is 1. The first-order chi connectivity index (χ1) is 5.72. The van der Waals surface area contributed by atoms with Crippen LogP contribution in [0.3, 0.4) is 0 Å². The molecule has 0 atom stereocenters. The van der Waals surface area contributed by atoms with Crippen molar-refractivity contribution in [3.05, 3.63) is 11.1 Å². The zero-order valence-corrected chi connectivity index (χ0v) is 7.39. The van der Waals surface area contributed by atoms with E-state index < -0.39 is 5.97 Å². The number of ether oxygens (including phenoxy) is 1. The van der Waals surface area contributed by atoms with Gasteiger partial charge in [0.25, 0.3) is 0 Å². The summed E-state index contributed by atoms with van der Waals surface area (Å²) in [6, 6.07) is 0. The number of hydrogen-bond acceptors (Lipinski definition) is 3. The number of carbonyl (C=O) groups is 1. The van der Waals surface area contributed by atoms with Crippen molar-refractivity contribution >= 4 is 17.6 Å². The molecule has 3 nitrogen and oxygen atoms in total. The molecule has 0 aliphatic rings. The average Bonchev–Trinajstić information content (AvgIpc) is 2.05. The number of rotatable bonds is 2.